The van der Waals surface area contributed by atoms with Crippen molar-refractivity contribution < 1.29 is 0 Å². The highest BCUT2D eigenvalue weighted by molar-refractivity contribution is 5.03. The third-order valence-corrected chi connectivity index (χ3v) is 1.60. The largest absolute Gasteiger partial charge is 0.322 e. The molecule has 0 radical (unpaired) electrons. The molecular weight excluding hydrogens is 126 g/mol. The van der Waals surface area contributed by atoms with Gasteiger partial charge in [-0.05, 0) is 12.0 Å². The zero-order valence-corrected chi connectivity index (χ0v) is 6.33. The topological polar surface area (TPSA) is 54.7 Å². The molecule has 10 heavy (non-hydrogen) atoms. The molecule has 0 spiro atoms. The second-order valence-electron chi connectivity index (χ2n) is 2.78. The van der Waals surface area contributed by atoms with Gasteiger partial charge in [-0.25, -0.2) is 0 Å². The number of rotatable bonds is 2. The van der Waals surface area contributed by atoms with Crippen LogP contribution in [0.5, 0.6) is 0 Å². The van der Waals surface area contributed by atoms with E-state index in [0.717, 1.165) is 5.69 Å². The van der Waals surface area contributed by atoms with Gasteiger partial charge in [0.2, 0.25) is 0 Å². The first-order chi connectivity index (χ1) is 4.72. The first-order valence-electron chi connectivity index (χ1n) is 3.46. The van der Waals surface area contributed by atoms with Crippen LogP contribution < -0.4 is 5.73 Å². The van der Waals surface area contributed by atoms with Crippen molar-refractivity contribution in [2.75, 3.05) is 0 Å². The predicted molar refractivity (Wildman–Crippen MR) is 40.4 cm³/mol. The van der Waals surface area contributed by atoms with Crippen LogP contribution in [0.25, 0.3) is 0 Å². The fraction of sp³-hybridized carbons (Fsp3) is 0.571. The molecule has 3 heteroatoms. The number of hydrogen-bond acceptors (Lipinski definition) is 2. The van der Waals surface area contributed by atoms with Crippen LogP contribution in [0.3, 0.4) is 0 Å². The van der Waals surface area contributed by atoms with Crippen LogP contribution in [-0.2, 0) is 0 Å². The maximum atomic E-state index is 5.81. The van der Waals surface area contributed by atoms with E-state index in [1.165, 1.54) is 0 Å². The molecule has 0 aromatic carbocycles. The van der Waals surface area contributed by atoms with Crippen molar-refractivity contribution in [1.82, 2.24) is 10.2 Å². The Bertz CT molecular complexity index is 179. The average molecular weight is 139 g/mol. The van der Waals surface area contributed by atoms with E-state index in [0.29, 0.717) is 5.92 Å². The number of nitrogens with two attached hydrogens (primary N) is 1. The van der Waals surface area contributed by atoms with Gasteiger partial charge in [-0.1, -0.05) is 13.8 Å². The van der Waals surface area contributed by atoms with E-state index < -0.39 is 0 Å². The second kappa shape index (κ2) is 2.84. The van der Waals surface area contributed by atoms with Crippen LogP contribution in [0.1, 0.15) is 25.6 Å². The summed E-state index contributed by atoms with van der Waals surface area (Å²) < 4.78 is 0. The SMILES string of the molecule is CC(C)[C@H](N)c1ccn[nH]1. The highest BCUT2D eigenvalue weighted by atomic mass is 15.1. The number of nitrogens with zero attached hydrogens (tertiary/aromatic N) is 1. The average Bonchev–Trinajstić information content (AvgIpc) is 2.36. The van der Waals surface area contributed by atoms with Crippen molar-refractivity contribution >= 4 is 0 Å². The molecule has 1 atom stereocenters. The van der Waals surface area contributed by atoms with Crippen LogP contribution in [0.2, 0.25) is 0 Å². The molecule has 1 heterocycles. The Morgan fingerprint density at radius 1 is 1.60 bits per heavy atom. The van der Waals surface area contributed by atoms with E-state index in [2.05, 4.69) is 24.0 Å². The van der Waals surface area contributed by atoms with Gasteiger partial charge in [0, 0.05) is 12.2 Å². The highest BCUT2D eigenvalue weighted by Gasteiger charge is 2.10. The zero-order valence-electron chi connectivity index (χ0n) is 6.33. The van der Waals surface area contributed by atoms with Gasteiger partial charge in [-0.2, -0.15) is 5.10 Å². The Hall–Kier alpha value is -0.830. The third-order valence-electron chi connectivity index (χ3n) is 1.60. The summed E-state index contributed by atoms with van der Waals surface area (Å²) in [5.74, 6) is 0.459. The van der Waals surface area contributed by atoms with Gasteiger partial charge >= 0.3 is 0 Å². The Kier molecular flexibility index (Phi) is 2.06. The lowest BCUT2D eigenvalue weighted by Gasteiger charge is -2.12. The number of nitrogens with one attached hydrogen (secondary N) is 1. The number of hydrogen-bond donors (Lipinski definition) is 2. The van der Waals surface area contributed by atoms with Crippen molar-refractivity contribution in [2.24, 2.45) is 11.7 Å². The van der Waals surface area contributed by atoms with Crippen molar-refractivity contribution in [3.63, 3.8) is 0 Å². The molecular formula is C7H13N3. The normalized spacial score (nSPS) is 14.0. The second-order valence-corrected chi connectivity index (χ2v) is 2.78. The highest BCUT2D eigenvalue weighted by Crippen LogP contribution is 2.14. The van der Waals surface area contributed by atoms with Crippen molar-refractivity contribution in [3.8, 4) is 0 Å². The van der Waals surface area contributed by atoms with Crippen LogP contribution in [0.4, 0.5) is 0 Å². The van der Waals surface area contributed by atoms with Gasteiger partial charge in [0.1, 0.15) is 0 Å². The maximum Gasteiger partial charge on any atom is 0.0521 e. The van der Waals surface area contributed by atoms with E-state index >= 15 is 0 Å². The van der Waals surface area contributed by atoms with Crippen LogP contribution >= 0.6 is 0 Å². The Morgan fingerprint density at radius 3 is 2.70 bits per heavy atom. The molecule has 0 unspecified atom stereocenters. The summed E-state index contributed by atoms with van der Waals surface area (Å²) in [5.41, 5.74) is 6.82. The lowest BCUT2D eigenvalue weighted by Crippen LogP contribution is -2.16. The van der Waals surface area contributed by atoms with E-state index in [4.69, 9.17) is 5.73 Å². The monoisotopic (exact) mass is 139 g/mol. The molecule has 0 saturated heterocycles. The summed E-state index contributed by atoms with van der Waals surface area (Å²) in [6, 6.07) is 1.99. The summed E-state index contributed by atoms with van der Waals surface area (Å²) in [5, 5.41) is 6.66. The van der Waals surface area contributed by atoms with Gasteiger partial charge in [0.15, 0.2) is 0 Å². The van der Waals surface area contributed by atoms with E-state index in [1.54, 1.807) is 6.20 Å². The zero-order chi connectivity index (χ0) is 7.56. The fourth-order valence-corrected chi connectivity index (χ4v) is 0.811. The smallest absolute Gasteiger partial charge is 0.0521 e. The van der Waals surface area contributed by atoms with Gasteiger partial charge < -0.3 is 5.73 Å². The predicted octanol–water partition coefficient (Wildman–Crippen LogP) is 1.07. The molecule has 0 aliphatic heterocycles. The minimum atomic E-state index is 0.0856. The van der Waals surface area contributed by atoms with Gasteiger partial charge in [-0.15, -0.1) is 0 Å². The molecule has 0 saturated carbocycles. The van der Waals surface area contributed by atoms with Gasteiger partial charge in [0.05, 0.1) is 5.69 Å². The quantitative estimate of drug-likeness (QED) is 0.643. The maximum absolute atomic E-state index is 5.81. The van der Waals surface area contributed by atoms with Gasteiger partial charge in [0.25, 0.3) is 0 Å². The molecule has 3 nitrogen and oxygen atoms in total. The summed E-state index contributed by atoms with van der Waals surface area (Å²) in [6.07, 6.45) is 1.72. The van der Waals surface area contributed by atoms with E-state index in [1.807, 2.05) is 6.07 Å². The van der Waals surface area contributed by atoms with E-state index in [9.17, 15) is 0 Å². The lowest BCUT2D eigenvalue weighted by atomic mass is 10.0. The van der Waals surface area contributed by atoms with Gasteiger partial charge in [-0.3, -0.25) is 5.10 Å². The van der Waals surface area contributed by atoms with Crippen molar-refractivity contribution in [3.05, 3.63) is 18.0 Å². The van der Waals surface area contributed by atoms with Crippen molar-refractivity contribution in [1.29, 1.82) is 0 Å². The molecule has 0 bridgehead atoms. The Labute approximate surface area is 60.6 Å². The first kappa shape index (κ1) is 7.28. The molecule has 0 amide bonds. The van der Waals surface area contributed by atoms with Crippen LogP contribution in [0.15, 0.2) is 12.3 Å². The minimum Gasteiger partial charge on any atom is -0.322 e. The first-order valence-corrected chi connectivity index (χ1v) is 3.46. The molecule has 3 N–H and O–H groups in total. The minimum absolute atomic E-state index is 0.0856. The molecule has 0 fully saturated rings. The summed E-state index contributed by atoms with van der Waals surface area (Å²) in [7, 11) is 0. The molecule has 0 aliphatic rings. The number of aromatic amines is 1. The number of H-pyrrole nitrogens is 1. The van der Waals surface area contributed by atoms with Crippen LogP contribution in [0, 0.1) is 5.92 Å². The van der Waals surface area contributed by atoms with Crippen molar-refractivity contribution in [2.45, 2.75) is 19.9 Å². The summed E-state index contributed by atoms with van der Waals surface area (Å²) in [6.45, 7) is 4.18. The number of aromatic nitrogens is 2. The molecule has 0 aliphatic carbocycles. The fourth-order valence-electron chi connectivity index (χ4n) is 0.811. The van der Waals surface area contributed by atoms with Crippen LogP contribution in [-0.4, -0.2) is 10.2 Å². The van der Waals surface area contributed by atoms with E-state index in [-0.39, 0.29) is 6.04 Å². The Morgan fingerprint density at radius 2 is 2.30 bits per heavy atom. The molecule has 1 aromatic rings. The molecule has 56 valence electrons. The summed E-state index contributed by atoms with van der Waals surface area (Å²) in [4.78, 5) is 0. The molecule has 1 aromatic heterocycles. The molecule has 1 rings (SSSR count). The lowest BCUT2D eigenvalue weighted by molar-refractivity contribution is 0.502. The summed E-state index contributed by atoms with van der Waals surface area (Å²) >= 11 is 0. The third kappa shape index (κ3) is 1.36. The standard InChI is InChI=1S/C7H13N3/c1-5(2)7(8)6-3-4-9-10-6/h3-5,7H,8H2,1-2H3,(H,9,10)/t7-/m0/s1. The Balaban J connectivity index is 2.68.